The van der Waals surface area contributed by atoms with E-state index in [0.717, 1.165) is 58.5 Å². The summed E-state index contributed by atoms with van der Waals surface area (Å²) in [4.78, 5) is 18.0. The molecule has 2 aliphatic heterocycles. The quantitative estimate of drug-likeness (QED) is 0.340. The van der Waals surface area contributed by atoms with E-state index in [1.807, 2.05) is 0 Å². The fourth-order valence-electron chi connectivity index (χ4n) is 6.14. The van der Waals surface area contributed by atoms with Crippen LogP contribution in [-0.2, 0) is 37.4 Å². The van der Waals surface area contributed by atoms with E-state index in [2.05, 4.69) is 106 Å². The molecule has 0 atom stereocenters. The van der Waals surface area contributed by atoms with Crippen LogP contribution in [0.5, 0.6) is 0 Å². The van der Waals surface area contributed by atoms with E-state index in [9.17, 15) is 4.79 Å². The molecule has 4 nitrogen and oxygen atoms in total. The Morgan fingerprint density at radius 1 is 0.737 bits per heavy atom. The Morgan fingerprint density at radius 2 is 1.47 bits per heavy atom. The Kier molecular flexibility index (Phi) is 7.52. The van der Waals surface area contributed by atoms with Crippen LogP contribution in [0.25, 0.3) is 10.8 Å². The number of amides is 1. The van der Waals surface area contributed by atoms with Gasteiger partial charge >= 0.3 is 0 Å². The molecule has 0 bridgehead atoms. The second-order valence-corrected chi connectivity index (χ2v) is 11.0. The Bertz CT molecular complexity index is 1400. The summed E-state index contributed by atoms with van der Waals surface area (Å²) in [5.74, 6) is 0.309. The lowest BCUT2D eigenvalue weighted by Crippen LogP contribution is -2.40. The molecule has 0 unspecified atom stereocenters. The zero-order valence-corrected chi connectivity index (χ0v) is 22.1. The van der Waals surface area contributed by atoms with Crippen molar-refractivity contribution in [1.29, 1.82) is 0 Å². The van der Waals surface area contributed by atoms with Crippen LogP contribution in [0.4, 0.5) is 0 Å². The monoisotopic (exact) mass is 503 g/mol. The van der Waals surface area contributed by atoms with E-state index in [-0.39, 0.29) is 11.8 Å². The number of benzene rings is 4. The number of hydrogen-bond acceptors (Lipinski definition) is 3. The number of piperidine rings is 1. The van der Waals surface area contributed by atoms with Gasteiger partial charge in [-0.2, -0.15) is 0 Å². The first-order valence-electron chi connectivity index (χ1n) is 14.0. The molecular formula is C34H37N3O. The molecule has 4 aromatic carbocycles. The van der Waals surface area contributed by atoms with Crippen molar-refractivity contribution in [3.05, 3.63) is 119 Å². The lowest BCUT2D eigenvalue weighted by atomic mass is 9.95. The molecule has 0 radical (unpaired) electrons. The maximum Gasteiger partial charge on any atom is 0.223 e. The van der Waals surface area contributed by atoms with Crippen molar-refractivity contribution in [3.8, 4) is 0 Å². The molecular weight excluding hydrogens is 466 g/mol. The topological polar surface area (TPSA) is 35.6 Å². The summed E-state index contributed by atoms with van der Waals surface area (Å²) < 4.78 is 0. The maximum atomic E-state index is 13.0. The van der Waals surface area contributed by atoms with E-state index in [0.29, 0.717) is 6.54 Å². The largest absolute Gasteiger partial charge is 0.352 e. The zero-order chi connectivity index (χ0) is 25.7. The number of fused-ring (bicyclic) bond motifs is 2. The summed E-state index contributed by atoms with van der Waals surface area (Å²) in [6.07, 6.45) is 2.97. The van der Waals surface area contributed by atoms with Crippen LogP contribution in [0.2, 0.25) is 0 Å². The number of hydrogen-bond donors (Lipinski definition) is 1. The third-order valence-electron chi connectivity index (χ3n) is 8.31. The van der Waals surface area contributed by atoms with E-state index in [4.69, 9.17) is 0 Å². The Morgan fingerprint density at radius 3 is 2.37 bits per heavy atom. The number of carbonyl (C=O) groups excluding carboxylic acids is 1. The predicted octanol–water partition coefficient (Wildman–Crippen LogP) is 5.93. The first-order valence-corrected chi connectivity index (χ1v) is 14.0. The van der Waals surface area contributed by atoms with Gasteiger partial charge in [0.1, 0.15) is 0 Å². The molecule has 4 heteroatoms. The molecule has 1 N–H and O–H groups in total. The third kappa shape index (κ3) is 5.82. The highest BCUT2D eigenvalue weighted by Crippen LogP contribution is 2.24. The molecule has 4 aromatic rings. The second kappa shape index (κ2) is 11.5. The minimum absolute atomic E-state index is 0.107. The highest BCUT2D eigenvalue weighted by Gasteiger charge is 2.25. The van der Waals surface area contributed by atoms with E-state index in [1.165, 1.54) is 38.6 Å². The van der Waals surface area contributed by atoms with Crippen molar-refractivity contribution in [3.63, 3.8) is 0 Å². The second-order valence-electron chi connectivity index (χ2n) is 11.0. The first-order chi connectivity index (χ1) is 18.7. The average Bonchev–Trinajstić information content (AvgIpc) is 2.97. The summed E-state index contributed by atoms with van der Waals surface area (Å²) in [5.41, 5.74) is 6.81. The van der Waals surface area contributed by atoms with Gasteiger partial charge in [-0.1, -0.05) is 91.0 Å². The predicted molar refractivity (Wildman–Crippen MR) is 154 cm³/mol. The van der Waals surface area contributed by atoms with Gasteiger partial charge in [-0.15, -0.1) is 0 Å². The van der Waals surface area contributed by atoms with Gasteiger partial charge in [-0.3, -0.25) is 14.6 Å². The Hall–Kier alpha value is -3.47. The Labute approximate surface area is 226 Å². The highest BCUT2D eigenvalue weighted by atomic mass is 16.1. The summed E-state index contributed by atoms with van der Waals surface area (Å²) in [5, 5.41) is 5.86. The minimum Gasteiger partial charge on any atom is -0.352 e. The lowest BCUT2D eigenvalue weighted by Gasteiger charge is -2.31. The Balaban J connectivity index is 0.980. The van der Waals surface area contributed by atoms with Crippen LogP contribution in [0.3, 0.4) is 0 Å². The summed E-state index contributed by atoms with van der Waals surface area (Å²) in [6.45, 7) is 6.54. The van der Waals surface area contributed by atoms with Gasteiger partial charge in [0.15, 0.2) is 0 Å². The number of likely N-dealkylation sites (tertiary alicyclic amines) is 1. The van der Waals surface area contributed by atoms with Crippen LogP contribution < -0.4 is 5.32 Å². The van der Waals surface area contributed by atoms with Crippen LogP contribution in [0.15, 0.2) is 91.0 Å². The normalized spacial score (nSPS) is 16.8. The number of nitrogens with one attached hydrogen (secondary N) is 1. The van der Waals surface area contributed by atoms with Gasteiger partial charge in [0.2, 0.25) is 5.91 Å². The van der Waals surface area contributed by atoms with Gasteiger partial charge in [-0.05, 0) is 70.9 Å². The number of rotatable bonds is 7. The summed E-state index contributed by atoms with van der Waals surface area (Å²) in [6, 6.07) is 32.7. The highest BCUT2D eigenvalue weighted by molar-refractivity contribution is 5.85. The average molecular weight is 504 g/mol. The van der Waals surface area contributed by atoms with Crippen LogP contribution in [0, 0.1) is 5.92 Å². The van der Waals surface area contributed by atoms with E-state index < -0.39 is 0 Å². The van der Waals surface area contributed by atoms with Gasteiger partial charge in [-0.25, -0.2) is 0 Å². The molecule has 6 rings (SSSR count). The standard InChI is InChI=1S/C34H37N3O/c38-34(30-16-18-36(19-17-30)25-32-13-6-12-29-10-3-4-14-33(29)32)35-22-26-7-5-8-27(21-26)23-37-20-15-28-9-1-2-11-31(28)24-37/h1-14,21,30H,15-20,22-25H2,(H,35,38). The molecule has 1 fully saturated rings. The van der Waals surface area contributed by atoms with Crippen molar-refractivity contribution < 1.29 is 4.79 Å². The lowest BCUT2D eigenvalue weighted by molar-refractivity contribution is -0.126. The summed E-state index contributed by atoms with van der Waals surface area (Å²) >= 11 is 0. The molecule has 0 aliphatic carbocycles. The van der Waals surface area contributed by atoms with Gasteiger partial charge < -0.3 is 5.32 Å². The molecule has 2 heterocycles. The van der Waals surface area contributed by atoms with E-state index in [1.54, 1.807) is 0 Å². The minimum atomic E-state index is 0.107. The fourth-order valence-corrected chi connectivity index (χ4v) is 6.14. The van der Waals surface area contributed by atoms with Crippen LogP contribution >= 0.6 is 0 Å². The van der Waals surface area contributed by atoms with E-state index >= 15 is 0 Å². The molecule has 0 aromatic heterocycles. The van der Waals surface area contributed by atoms with Crippen LogP contribution in [-0.4, -0.2) is 35.3 Å². The van der Waals surface area contributed by atoms with Crippen molar-refractivity contribution in [2.24, 2.45) is 5.92 Å². The maximum absolute atomic E-state index is 13.0. The molecule has 0 spiro atoms. The van der Waals surface area contributed by atoms with Crippen molar-refractivity contribution in [2.45, 2.75) is 45.4 Å². The molecule has 38 heavy (non-hydrogen) atoms. The van der Waals surface area contributed by atoms with Crippen molar-refractivity contribution >= 4 is 16.7 Å². The molecule has 1 amide bonds. The van der Waals surface area contributed by atoms with Gasteiger partial charge in [0, 0.05) is 38.6 Å². The molecule has 1 saturated heterocycles. The molecule has 194 valence electrons. The van der Waals surface area contributed by atoms with Crippen molar-refractivity contribution in [2.75, 3.05) is 19.6 Å². The zero-order valence-electron chi connectivity index (χ0n) is 22.1. The number of nitrogens with zero attached hydrogens (tertiary/aromatic N) is 2. The summed E-state index contributed by atoms with van der Waals surface area (Å²) in [7, 11) is 0. The fraction of sp³-hybridized carbons (Fsp3) is 0.324. The van der Waals surface area contributed by atoms with Crippen molar-refractivity contribution in [1.82, 2.24) is 15.1 Å². The third-order valence-corrected chi connectivity index (χ3v) is 8.31. The van der Waals surface area contributed by atoms with Gasteiger partial charge in [0.25, 0.3) is 0 Å². The number of carbonyl (C=O) groups is 1. The smallest absolute Gasteiger partial charge is 0.223 e. The van der Waals surface area contributed by atoms with Crippen LogP contribution in [0.1, 0.15) is 40.7 Å². The molecule has 2 aliphatic rings. The molecule has 0 saturated carbocycles. The SMILES string of the molecule is O=C(NCc1cccc(CN2CCc3ccccc3C2)c1)C1CCN(Cc2cccc3ccccc23)CC1. The van der Waals surface area contributed by atoms with Gasteiger partial charge in [0.05, 0.1) is 0 Å². The first kappa shape index (κ1) is 24.8.